The second-order valence-corrected chi connectivity index (χ2v) is 9.32. The van der Waals surface area contributed by atoms with Crippen LogP contribution in [0.2, 0.25) is 5.15 Å². The van der Waals surface area contributed by atoms with Gasteiger partial charge in [0, 0.05) is 23.9 Å². The molecule has 1 aliphatic carbocycles. The van der Waals surface area contributed by atoms with Gasteiger partial charge in [-0.25, -0.2) is 4.79 Å². The number of aryl methyl sites for hydroxylation is 2. The Morgan fingerprint density at radius 1 is 1.37 bits per heavy atom. The molecule has 0 radical (unpaired) electrons. The molecule has 0 saturated heterocycles. The van der Waals surface area contributed by atoms with E-state index < -0.39 is 5.91 Å². The Labute approximate surface area is 180 Å². The van der Waals surface area contributed by atoms with Crippen LogP contribution in [0.25, 0.3) is 11.2 Å². The fourth-order valence-corrected chi connectivity index (χ4v) is 5.51. The van der Waals surface area contributed by atoms with Gasteiger partial charge in [0.1, 0.15) is 12.1 Å². The van der Waals surface area contributed by atoms with Crippen molar-refractivity contribution in [2.24, 2.45) is 7.05 Å². The summed E-state index contributed by atoms with van der Waals surface area (Å²) >= 11 is 7.68. The molecule has 4 heterocycles. The predicted octanol–water partition coefficient (Wildman–Crippen LogP) is 2.06. The molecule has 2 N–H and O–H groups in total. The minimum atomic E-state index is -0.413. The minimum absolute atomic E-state index is 0.00428. The van der Waals surface area contributed by atoms with Crippen molar-refractivity contribution < 1.29 is 9.59 Å². The number of hydrogen-bond acceptors (Lipinski definition) is 6. The number of aromatic amines is 1. The van der Waals surface area contributed by atoms with Crippen LogP contribution in [0.3, 0.4) is 0 Å². The molecule has 0 unspecified atom stereocenters. The summed E-state index contributed by atoms with van der Waals surface area (Å²) in [4.78, 5) is 51.7. The van der Waals surface area contributed by atoms with Crippen molar-refractivity contribution in [3.05, 3.63) is 37.0 Å². The maximum atomic E-state index is 13.0. The number of carbonyl (C=O) groups excluding carboxylic acids is 2. The molecule has 1 saturated carbocycles. The molecule has 1 aliphatic heterocycles. The zero-order chi connectivity index (χ0) is 21.2. The van der Waals surface area contributed by atoms with Gasteiger partial charge in [-0.2, -0.15) is 9.97 Å². The Bertz CT molecular complexity index is 1270. The van der Waals surface area contributed by atoms with Gasteiger partial charge >= 0.3 is 5.69 Å². The largest absolute Gasteiger partial charge is 0.328 e. The van der Waals surface area contributed by atoms with Crippen LogP contribution < -0.4 is 11.0 Å². The molecular formula is C19H19ClN6O3S. The summed E-state index contributed by atoms with van der Waals surface area (Å²) in [6.45, 7) is 2.52. The van der Waals surface area contributed by atoms with Crippen LogP contribution in [0.5, 0.6) is 0 Å². The number of anilines is 1. The van der Waals surface area contributed by atoms with E-state index in [1.165, 1.54) is 20.8 Å². The number of amides is 2. The van der Waals surface area contributed by atoms with Crippen LogP contribution >= 0.6 is 22.9 Å². The summed E-state index contributed by atoms with van der Waals surface area (Å²) in [5.74, 6) is -0.539. The number of H-pyrrole nitrogens is 1. The Kier molecular flexibility index (Phi) is 4.26. The summed E-state index contributed by atoms with van der Waals surface area (Å²) in [7, 11) is 1.55. The summed E-state index contributed by atoms with van der Waals surface area (Å²) in [5.41, 5.74) is 1.36. The topological polar surface area (TPSA) is 113 Å². The van der Waals surface area contributed by atoms with Crippen LogP contribution in [-0.4, -0.2) is 49.3 Å². The van der Waals surface area contributed by atoms with E-state index in [1.54, 1.807) is 11.9 Å². The van der Waals surface area contributed by atoms with Crippen LogP contribution in [0, 0.1) is 0 Å². The van der Waals surface area contributed by atoms with E-state index in [0.29, 0.717) is 12.1 Å². The van der Waals surface area contributed by atoms with E-state index in [2.05, 4.69) is 33.3 Å². The van der Waals surface area contributed by atoms with E-state index in [4.69, 9.17) is 11.6 Å². The van der Waals surface area contributed by atoms with Gasteiger partial charge in [-0.15, -0.1) is 11.3 Å². The Morgan fingerprint density at radius 2 is 2.13 bits per heavy atom. The van der Waals surface area contributed by atoms with E-state index in [-0.39, 0.29) is 40.3 Å². The first-order valence-corrected chi connectivity index (χ1v) is 10.9. The van der Waals surface area contributed by atoms with Gasteiger partial charge in [-0.1, -0.05) is 18.5 Å². The lowest BCUT2D eigenvalue weighted by Crippen LogP contribution is -2.46. The predicted molar refractivity (Wildman–Crippen MR) is 113 cm³/mol. The molecule has 3 aromatic heterocycles. The average Bonchev–Trinajstić information content (AvgIpc) is 3.20. The molecule has 3 aromatic rings. The highest BCUT2D eigenvalue weighted by molar-refractivity contribution is 7.14. The lowest BCUT2D eigenvalue weighted by atomic mass is 9.91. The average molecular weight is 447 g/mol. The molecule has 9 nitrogen and oxygen atoms in total. The van der Waals surface area contributed by atoms with Gasteiger partial charge in [0.15, 0.2) is 10.8 Å². The molecule has 0 atom stereocenters. The van der Waals surface area contributed by atoms with Gasteiger partial charge in [-0.05, 0) is 30.9 Å². The van der Waals surface area contributed by atoms with Crippen molar-refractivity contribution in [2.75, 3.05) is 18.4 Å². The Morgan fingerprint density at radius 3 is 2.83 bits per heavy atom. The van der Waals surface area contributed by atoms with Crippen molar-refractivity contribution in [2.45, 2.75) is 31.6 Å². The van der Waals surface area contributed by atoms with Crippen molar-refractivity contribution in [1.29, 1.82) is 0 Å². The molecular weight excluding hydrogens is 428 g/mol. The zero-order valence-electron chi connectivity index (χ0n) is 16.4. The first-order valence-electron chi connectivity index (χ1n) is 9.66. The number of carbonyl (C=O) groups is 2. The minimum Gasteiger partial charge on any atom is -0.328 e. The highest BCUT2D eigenvalue weighted by Gasteiger charge is 2.52. The Balaban J connectivity index is 1.37. The molecule has 5 rings (SSSR count). The maximum absolute atomic E-state index is 13.0. The zero-order valence-corrected chi connectivity index (χ0v) is 18.0. The molecule has 2 amide bonds. The third kappa shape index (κ3) is 2.93. The van der Waals surface area contributed by atoms with Gasteiger partial charge in [0.2, 0.25) is 11.9 Å². The molecule has 1 fully saturated rings. The summed E-state index contributed by atoms with van der Waals surface area (Å²) in [6.07, 6.45) is 2.95. The van der Waals surface area contributed by atoms with Crippen LogP contribution in [0.1, 0.15) is 39.9 Å². The molecule has 30 heavy (non-hydrogen) atoms. The maximum Gasteiger partial charge on any atom is 0.327 e. The summed E-state index contributed by atoms with van der Waals surface area (Å²) in [6, 6.07) is 2.16. The van der Waals surface area contributed by atoms with E-state index >= 15 is 0 Å². The van der Waals surface area contributed by atoms with Crippen molar-refractivity contribution in [1.82, 2.24) is 24.4 Å². The number of imidazole rings is 1. The number of halogens is 1. The van der Waals surface area contributed by atoms with E-state index in [9.17, 15) is 14.4 Å². The number of aromatic nitrogens is 4. The molecule has 156 valence electrons. The third-order valence-corrected chi connectivity index (χ3v) is 7.35. The van der Waals surface area contributed by atoms with Gasteiger partial charge < -0.3 is 4.90 Å². The van der Waals surface area contributed by atoms with Crippen LogP contribution in [-0.2, 0) is 23.7 Å². The summed E-state index contributed by atoms with van der Waals surface area (Å²) < 4.78 is 1.30. The first kappa shape index (κ1) is 19.3. The highest BCUT2D eigenvalue weighted by Crippen LogP contribution is 2.54. The van der Waals surface area contributed by atoms with Crippen LogP contribution in [0.4, 0.5) is 5.95 Å². The SMILES string of the molecule is CCc1cc2c(s1)C(=O)N(CC(=O)Nc1nc(Cl)c3c(n1)[nH]c(=O)n3C)CC21CC1. The normalized spacial score (nSPS) is 16.9. The first-order chi connectivity index (χ1) is 14.3. The van der Waals surface area contributed by atoms with E-state index in [1.807, 2.05) is 0 Å². The fraction of sp³-hybridized carbons (Fsp3) is 0.421. The van der Waals surface area contributed by atoms with Gasteiger partial charge in [0.05, 0.1) is 4.88 Å². The molecule has 11 heteroatoms. The van der Waals surface area contributed by atoms with E-state index in [0.717, 1.165) is 29.7 Å². The molecule has 0 bridgehead atoms. The molecule has 1 spiro atoms. The standard InChI is InChI=1S/C19H19ClN6O3S/c1-3-9-6-10-13(30-9)16(28)26(8-19(10)4-5-19)7-11(27)21-17-22-14(20)12-15(23-17)24-18(29)25(12)2/h6H,3-5,7-8H2,1-2H3,(H2,21,22,23,24,27,29). The highest BCUT2D eigenvalue weighted by atomic mass is 35.5. The number of hydrogen-bond donors (Lipinski definition) is 2. The number of nitrogens with zero attached hydrogens (tertiary/aromatic N) is 4. The number of rotatable bonds is 4. The number of nitrogens with one attached hydrogen (secondary N) is 2. The lowest BCUT2D eigenvalue weighted by Gasteiger charge is -2.32. The molecule has 2 aliphatic rings. The number of fused-ring (bicyclic) bond motifs is 3. The second kappa shape index (κ2) is 6.64. The Hall–Kier alpha value is -2.72. The van der Waals surface area contributed by atoms with Crippen LogP contribution in [0.15, 0.2) is 10.9 Å². The monoisotopic (exact) mass is 446 g/mol. The van der Waals surface area contributed by atoms with Crippen molar-refractivity contribution in [3.8, 4) is 0 Å². The van der Waals surface area contributed by atoms with Gasteiger partial charge in [-0.3, -0.25) is 24.5 Å². The second-order valence-electron chi connectivity index (χ2n) is 7.82. The fourth-order valence-electron chi connectivity index (χ4n) is 4.03. The van der Waals surface area contributed by atoms with Crippen molar-refractivity contribution in [3.63, 3.8) is 0 Å². The summed E-state index contributed by atoms with van der Waals surface area (Å²) in [5, 5.41) is 2.65. The lowest BCUT2D eigenvalue weighted by molar-refractivity contribution is -0.117. The molecule has 0 aromatic carbocycles. The van der Waals surface area contributed by atoms with Crippen molar-refractivity contribution >= 4 is 51.9 Å². The third-order valence-electron chi connectivity index (χ3n) is 5.82. The smallest absolute Gasteiger partial charge is 0.327 e. The van der Waals surface area contributed by atoms with Gasteiger partial charge in [0.25, 0.3) is 5.91 Å². The number of thiophene rings is 1. The quantitative estimate of drug-likeness (QED) is 0.595.